The van der Waals surface area contributed by atoms with Gasteiger partial charge in [0.2, 0.25) is 0 Å². The molecule has 1 aromatic carbocycles. The lowest BCUT2D eigenvalue weighted by Crippen LogP contribution is -2.47. The number of thiol groups is 1. The lowest BCUT2D eigenvalue weighted by atomic mass is 9.92. The van der Waals surface area contributed by atoms with Crippen molar-refractivity contribution in [1.29, 1.82) is 0 Å². The van der Waals surface area contributed by atoms with Crippen molar-refractivity contribution in [2.75, 3.05) is 0 Å². The third-order valence-electron chi connectivity index (χ3n) is 2.75. The minimum Gasteiger partial charge on any atom is -0.445 e. The summed E-state index contributed by atoms with van der Waals surface area (Å²) in [4.78, 5) is 11.4. The maximum absolute atomic E-state index is 11.4. The van der Waals surface area contributed by atoms with E-state index in [9.17, 15) is 4.79 Å². The van der Waals surface area contributed by atoms with Crippen LogP contribution in [-0.4, -0.2) is 17.4 Å². The summed E-state index contributed by atoms with van der Waals surface area (Å²) in [6, 6.07) is 9.81. The van der Waals surface area contributed by atoms with Gasteiger partial charge in [-0.25, -0.2) is 4.79 Å². The molecule has 0 spiro atoms. The Morgan fingerprint density at radius 3 is 2.69 bits per heavy atom. The van der Waals surface area contributed by atoms with Crippen molar-refractivity contribution in [3.8, 4) is 0 Å². The van der Waals surface area contributed by atoms with Crippen LogP contribution in [0.25, 0.3) is 0 Å². The number of nitrogens with one attached hydrogen (secondary N) is 1. The van der Waals surface area contributed by atoms with Crippen LogP contribution in [-0.2, 0) is 11.3 Å². The highest BCUT2D eigenvalue weighted by molar-refractivity contribution is 7.81. The van der Waals surface area contributed by atoms with Crippen molar-refractivity contribution in [2.24, 2.45) is 0 Å². The molecule has 1 amide bonds. The maximum Gasteiger partial charge on any atom is 0.407 e. The van der Waals surface area contributed by atoms with Crippen LogP contribution in [0.5, 0.6) is 0 Å². The molecule has 3 nitrogen and oxygen atoms in total. The summed E-state index contributed by atoms with van der Waals surface area (Å²) in [5, 5.41) is 3.08. The number of carbonyl (C=O) groups is 1. The summed E-state index contributed by atoms with van der Waals surface area (Å²) < 4.78 is 5.10. The molecule has 16 heavy (non-hydrogen) atoms. The molecule has 0 unspecified atom stereocenters. The van der Waals surface area contributed by atoms with E-state index < -0.39 is 0 Å². The molecule has 0 bridgehead atoms. The molecule has 2 atom stereocenters. The zero-order valence-corrected chi connectivity index (χ0v) is 9.82. The molecule has 1 aliphatic rings. The number of carbonyl (C=O) groups excluding carboxylic acids is 1. The smallest absolute Gasteiger partial charge is 0.407 e. The number of ether oxygens (including phenoxy) is 1. The number of alkyl carbamates (subject to hydrolysis) is 1. The number of hydrogen-bond acceptors (Lipinski definition) is 3. The quantitative estimate of drug-likeness (QED) is 0.792. The van der Waals surface area contributed by atoms with Crippen molar-refractivity contribution in [2.45, 2.75) is 30.7 Å². The minimum atomic E-state index is -0.354. The van der Waals surface area contributed by atoms with E-state index in [2.05, 4.69) is 17.9 Å². The largest absolute Gasteiger partial charge is 0.445 e. The summed E-state index contributed by atoms with van der Waals surface area (Å²) in [7, 11) is 0. The molecule has 1 fully saturated rings. The number of hydrogen-bond donors (Lipinski definition) is 2. The van der Waals surface area contributed by atoms with E-state index in [0.29, 0.717) is 6.61 Å². The lowest BCUT2D eigenvalue weighted by molar-refractivity contribution is 0.131. The van der Waals surface area contributed by atoms with Gasteiger partial charge < -0.3 is 10.1 Å². The van der Waals surface area contributed by atoms with Crippen molar-refractivity contribution < 1.29 is 9.53 Å². The molecule has 0 heterocycles. The Hall–Kier alpha value is -1.16. The lowest BCUT2D eigenvalue weighted by Gasteiger charge is -2.32. The van der Waals surface area contributed by atoms with Crippen molar-refractivity contribution in [1.82, 2.24) is 5.32 Å². The second-order valence-electron chi connectivity index (χ2n) is 3.96. The molecule has 86 valence electrons. The van der Waals surface area contributed by atoms with Crippen molar-refractivity contribution in [3.63, 3.8) is 0 Å². The molecule has 0 radical (unpaired) electrons. The van der Waals surface area contributed by atoms with Crippen LogP contribution in [0.2, 0.25) is 0 Å². The fourth-order valence-corrected chi connectivity index (χ4v) is 1.94. The molecule has 0 aromatic heterocycles. The molecule has 2 rings (SSSR count). The first-order valence-electron chi connectivity index (χ1n) is 5.41. The molecule has 1 aliphatic carbocycles. The Morgan fingerprint density at radius 1 is 1.38 bits per heavy atom. The molecule has 1 N–H and O–H groups in total. The first-order chi connectivity index (χ1) is 7.75. The topological polar surface area (TPSA) is 38.3 Å². The average molecular weight is 237 g/mol. The Kier molecular flexibility index (Phi) is 3.72. The van der Waals surface area contributed by atoms with E-state index >= 15 is 0 Å². The zero-order chi connectivity index (χ0) is 11.4. The predicted octanol–water partition coefficient (Wildman–Crippen LogP) is 2.37. The Labute approximate surface area is 101 Å². The Balaban J connectivity index is 1.72. The van der Waals surface area contributed by atoms with E-state index in [1.54, 1.807) is 0 Å². The number of rotatable bonds is 3. The van der Waals surface area contributed by atoms with Gasteiger partial charge in [-0.2, -0.15) is 12.6 Å². The van der Waals surface area contributed by atoms with Gasteiger partial charge in [-0.1, -0.05) is 30.3 Å². The van der Waals surface area contributed by atoms with Crippen molar-refractivity contribution in [3.05, 3.63) is 35.9 Å². The van der Waals surface area contributed by atoms with Crippen LogP contribution in [0.3, 0.4) is 0 Å². The molecule has 1 saturated carbocycles. The van der Waals surface area contributed by atoms with Gasteiger partial charge in [0.25, 0.3) is 0 Å². The van der Waals surface area contributed by atoms with Crippen LogP contribution >= 0.6 is 12.6 Å². The first-order valence-corrected chi connectivity index (χ1v) is 5.92. The normalized spacial score (nSPS) is 23.3. The van der Waals surface area contributed by atoms with Gasteiger partial charge in [-0.05, 0) is 18.4 Å². The average Bonchev–Trinajstić information content (AvgIpc) is 2.33. The summed E-state index contributed by atoms with van der Waals surface area (Å²) in [6.07, 6.45) is 1.70. The van der Waals surface area contributed by atoms with Gasteiger partial charge in [-0.15, -0.1) is 0 Å². The molecular weight excluding hydrogens is 222 g/mol. The van der Waals surface area contributed by atoms with Gasteiger partial charge in [0.15, 0.2) is 0 Å². The standard InChI is InChI=1S/C12H15NO2S/c14-12(13-10-6-7-11(10)16)15-8-9-4-2-1-3-5-9/h1-5,10-11,16H,6-8H2,(H,13,14)/t10-,11-/m1/s1. The number of amides is 1. The van der Waals surface area contributed by atoms with Crippen LogP contribution < -0.4 is 5.32 Å². The van der Waals surface area contributed by atoms with Gasteiger partial charge in [0.05, 0.1) is 0 Å². The summed E-state index contributed by atoms with van der Waals surface area (Å²) >= 11 is 4.32. The fraction of sp³-hybridized carbons (Fsp3) is 0.417. The third kappa shape index (κ3) is 2.92. The van der Waals surface area contributed by atoms with E-state index in [1.807, 2.05) is 30.3 Å². The second kappa shape index (κ2) is 5.25. The molecule has 0 saturated heterocycles. The van der Waals surface area contributed by atoms with E-state index in [4.69, 9.17) is 4.74 Å². The van der Waals surface area contributed by atoms with E-state index in [-0.39, 0.29) is 17.4 Å². The minimum absolute atomic E-state index is 0.173. The summed E-state index contributed by atoms with van der Waals surface area (Å²) in [5.41, 5.74) is 0.994. The van der Waals surface area contributed by atoms with Crippen LogP contribution in [0.1, 0.15) is 18.4 Å². The Bertz CT molecular complexity index is 355. The van der Waals surface area contributed by atoms with Gasteiger partial charge in [-0.3, -0.25) is 0 Å². The highest BCUT2D eigenvalue weighted by Gasteiger charge is 2.29. The van der Waals surface area contributed by atoms with Crippen molar-refractivity contribution >= 4 is 18.7 Å². The highest BCUT2D eigenvalue weighted by atomic mass is 32.1. The fourth-order valence-electron chi connectivity index (χ4n) is 1.57. The monoisotopic (exact) mass is 237 g/mol. The summed E-state index contributed by atoms with van der Waals surface area (Å²) in [6.45, 7) is 0.316. The Morgan fingerprint density at radius 2 is 2.12 bits per heavy atom. The molecular formula is C12H15NO2S. The summed E-state index contributed by atoms with van der Waals surface area (Å²) in [5.74, 6) is 0. The van der Waals surface area contributed by atoms with E-state index in [1.165, 1.54) is 0 Å². The predicted molar refractivity (Wildman–Crippen MR) is 65.6 cm³/mol. The molecule has 4 heteroatoms. The zero-order valence-electron chi connectivity index (χ0n) is 8.93. The van der Waals surface area contributed by atoms with Crippen LogP contribution in [0, 0.1) is 0 Å². The highest BCUT2D eigenvalue weighted by Crippen LogP contribution is 2.24. The van der Waals surface area contributed by atoms with E-state index in [0.717, 1.165) is 18.4 Å². The van der Waals surface area contributed by atoms with Gasteiger partial charge >= 0.3 is 6.09 Å². The molecule has 0 aliphatic heterocycles. The number of benzene rings is 1. The van der Waals surface area contributed by atoms with Gasteiger partial charge in [0.1, 0.15) is 6.61 Å². The second-order valence-corrected chi connectivity index (χ2v) is 4.62. The first kappa shape index (κ1) is 11.3. The van der Waals surface area contributed by atoms with Crippen LogP contribution in [0.4, 0.5) is 4.79 Å². The molecule has 1 aromatic rings. The van der Waals surface area contributed by atoms with Crippen LogP contribution in [0.15, 0.2) is 30.3 Å². The SMILES string of the molecule is O=C(N[C@@H]1CC[C@H]1S)OCc1ccccc1. The third-order valence-corrected chi connectivity index (χ3v) is 3.37. The maximum atomic E-state index is 11.4. The van der Waals surface area contributed by atoms with Gasteiger partial charge in [0, 0.05) is 11.3 Å².